The Morgan fingerprint density at radius 3 is 2.34 bits per heavy atom. The Balaban J connectivity index is 1.66. The van der Waals surface area contributed by atoms with Gasteiger partial charge in [0.15, 0.2) is 0 Å². The van der Waals surface area contributed by atoms with Gasteiger partial charge >= 0.3 is 0 Å². The lowest BCUT2D eigenvalue weighted by atomic mass is 9.78. The standard InChI is InChI=1S/C27H27FO/c1-4-27(2,24-13-15-25(29-3)16-14-24)18-8-11-22-12-17-26(28)23(20-22)19-21-9-6-5-7-10-21/h1,5-7,9-10,12-17,20H,8,11,18-19H2,2-3H3. The van der Waals surface area contributed by atoms with Crippen LogP contribution in [-0.2, 0) is 18.3 Å². The first kappa shape index (κ1) is 20.7. The Bertz CT molecular complexity index is 970. The molecule has 3 aromatic carbocycles. The average Bonchev–Trinajstić information content (AvgIpc) is 2.76. The van der Waals surface area contributed by atoms with E-state index in [1.807, 2.05) is 66.7 Å². The number of terminal acetylenes is 1. The van der Waals surface area contributed by atoms with Crippen molar-refractivity contribution >= 4 is 0 Å². The third-order valence-electron chi connectivity index (χ3n) is 5.54. The number of rotatable bonds is 8. The first-order valence-corrected chi connectivity index (χ1v) is 9.97. The van der Waals surface area contributed by atoms with E-state index in [2.05, 4.69) is 12.8 Å². The van der Waals surface area contributed by atoms with E-state index < -0.39 is 0 Å². The molecule has 0 saturated heterocycles. The van der Waals surface area contributed by atoms with Crippen molar-refractivity contribution in [1.29, 1.82) is 0 Å². The summed E-state index contributed by atoms with van der Waals surface area (Å²) >= 11 is 0. The number of hydrogen-bond acceptors (Lipinski definition) is 1. The molecular formula is C27H27FO. The smallest absolute Gasteiger partial charge is 0.126 e. The SMILES string of the molecule is C#CC(C)(CCCc1ccc(F)c(Cc2ccccc2)c1)c1ccc(OC)cc1. The van der Waals surface area contributed by atoms with Crippen LogP contribution in [-0.4, -0.2) is 7.11 Å². The molecule has 3 rings (SSSR count). The highest BCUT2D eigenvalue weighted by Crippen LogP contribution is 2.30. The Kier molecular flexibility index (Phi) is 6.73. The monoisotopic (exact) mass is 386 g/mol. The van der Waals surface area contributed by atoms with Gasteiger partial charge in [0.25, 0.3) is 0 Å². The summed E-state index contributed by atoms with van der Waals surface area (Å²) in [6.07, 6.45) is 9.16. The third-order valence-corrected chi connectivity index (χ3v) is 5.54. The van der Waals surface area contributed by atoms with Crippen molar-refractivity contribution in [2.24, 2.45) is 0 Å². The molecule has 0 spiro atoms. The van der Waals surface area contributed by atoms with Gasteiger partial charge in [-0.25, -0.2) is 4.39 Å². The maximum absolute atomic E-state index is 14.3. The minimum atomic E-state index is -0.334. The Hall–Kier alpha value is -3.05. The number of benzene rings is 3. The highest BCUT2D eigenvalue weighted by molar-refractivity contribution is 5.37. The summed E-state index contributed by atoms with van der Waals surface area (Å²) in [6.45, 7) is 2.10. The number of aryl methyl sites for hydroxylation is 1. The minimum absolute atomic E-state index is 0.149. The van der Waals surface area contributed by atoms with E-state index in [4.69, 9.17) is 11.2 Å². The fourth-order valence-corrected chi connectivity index (χ4v) is 3.64. The van der Waals surface area contributed by atoms with Crippen LogP contribution in [0.25, 0.3) is 0 Å². The normalized spacial score (nSPS) is 12.8. The molecule has 0 radical (unpaired) electrons. The van der Waals surface area contributed by atoms with Gasteiger partial charge in [-0.1, -0.05) is 60.5 Å². The highest BCUT2D eigenvalue weighted by atomic mass is 19.1. The molecule has 0 amide bonds. The zero-order valence-electron chi connectivity index (χ0n) is 17.1. The van der Waals surface area contributed by atoms with Crippen molar-refractivity contribution in [3.63, 3.8) is 0 Å². The molecule has 0 aliphatic carbocycles. The lowest BCUT2D eigenvalue weighted by Crippen LogP contribution is -2.19. The molecule has 0 N–H and O–H groups in total. The van der Waals surface area contributed by atoms with Crippen LogP contribution in [0.1, 0.15) is 42.0 Å². The second kappa shape index (κ2) is 9.43. The molecule has 1 nitrogen and oxygen atoms in total. The van der Waals surface area contributed by atoms with E-state index in [1.165, 1.54) is 0 Å². The molecule has 0 heterocycles. The zero-order valence-corrected chi connectivity index (χ0v) is 17.1. The number of ether oxygens (including phenoxy) is 1. The van der Waals surface area contributed by atoms with Gasteiger partial charge in [0.2, 0.25) is 0 Å². The van der Waals surface area contributed by atoms with Gasteiger partial charge in [-0.15, -0.1) is 6.42 Å². The summed E-state index contributed by atoms with van der Waals surface area (Å²) in [7, 11) is 1.66. The Labute approximate surface area is 173 Å². The van der Waals surface area contributed by atoms with Gasteiger partial charge in [0.05, 0.1) is 12.5 Å². The van der Waals surface area contributed by atoms with E-state index in [-0.39, 0.29) is 11.2 Å². The van der Waals surface area contributed by atoms with E-state index in [1.54, 1.807) is 13.2 Å². The lowest BCUT2D eigenvalue weighted by molar-refractivity contribution is 0.414. The van der Waals surface area contributed by atoms with Crippen molar-refractivity contribution in [3.8, 4) is 18.1 Å². The van der Waals surface area contributed by atoms with Crippen molar-refractivity contribution in [3.05, 3.63) is 101 Å². The van der Waals surface area contributed by atoms with Crippen LogP contribution in [0.4, 0.5) is 4.39 Å². The summed E-state index contributed by atoms with van der Waals surface area (Å²) in [6, 6.07) is 23.4. The summed E-state index contributed by atoms with van der Waals surface area (Å²) in [5.74, 6) is 3.65. The molecular weight excluding hydrogens is 359 g/mol. The Morgan fingerprint density at radius 1 is 0.966 bits per heavy atom. The molecule has 0 aliphatic rings. The van der Waals surface area contributed by atoms with Crippen molar-refractivity contribution < 1.29 is 9.13 Å². The largest absolute Gasteiger partial charge is 0.497 e. The van der Waals surface area contributed by atoms with E-state index in [0.29, 0.717) is 6.42 Å². The van der Waals surface area contributed by atoms with Crippen molar-refractivity contribution in [1.82, 2.24) is 0 Å². The third kappa shape index (κ3) is 5.27. The fraction of sp³-hybridized carbons (Fsp3) is 0.259. The van der Waals surface area contributed by atoms with Crippen LogP contribution < -0.4 is 4.74 Å². The van der Waals surface area contributed by atoms with Gasteiger partial charge in [0.1, 0.15) is 11.6 Å². The predicted octanol–water partition coefficient (Wildman–Crippen LogP) is 6.34. The molecule has 0 aliphatic heterocycles. The molecule has 0 fully saturated rings. The minimum Gasteiger partial charge on any atom is -0.497 e. The highest BCUT2D eigenvalue weighted by Gasteiger charge is 2.23. The molecule has 148 valence electrons. The zero-order chi connectivity index (χ0) is 20.7. The predicted molar refractivity (Wildman–Crippen MR) is 118 cm³/mol. The quantitative estimate of drug-likeness (QED) is 0.411. The van der Waals surface area contributed by atoms with Crippen LogP contribution in [0.3, 0.4) is 0 Å². The maximum atomic E-state index is 14.3. The van der Waals surface area contributed by atoms with Crippen molar-refractivity contribution in [2.45, 2.75) is 38.0 Å². The van der Waals surface area contributed by atoms with Gasteiger partial charge in [-0.05, 0) is 66.6 Å². The molecule has 0 aromatic heterocycles. The first-order chi connectivity index (χ1) is 14.0. The van der Waals surface area contributed by atoms with Crippen LogP contribution in [0.5, 0.6) is 5.75 Å². The topological polar surface area (TPSA) is 9.23 Å². The molecule has 0 bridgehead atoms. The molecule has 29 heavy (non-hydrogen) atoms. The van der Waals surface area contributed by atoms with Gasteiger partial charge in [0, 0.05) is 6.42 Å². The summed E-state index contributed by atoms with van der Waals surface area (Å²) in [5, 5.41) is 0. The van der Waals surface area contributed by atoms with E-state index in [9.17, 15) is 4.39 Å². The molecule has 1 atom stereocenters. The number of halogens is 1. The van der Waals surface area contributed by atoms with E-state index in [0.717, 1.165) is 47.3 Å². The molecule has 0 saturated carbocycles. The molecule has 3 aromatic rings. The van der Waals surface area contributed by atoms with Crippen LogP contribution in [0.2, 0.25) is 0 Å². The summed E-state index contributed by atoms with van der Waals surface area (Å²) in [5.41, 5.74) is 3.78. The first-order valence-electron chi connectivity index (χ1n) is 9.97. The van der Waals surface area contributed by atoms with Gasteiger partial charge in [-0.2, -0.15) is 0 Å². The van der Waals surface area contributed by atoms with Crippen LogP contribution in [0.15, 0.2) is 72.8 Å². The summed E-state index contributed by atoms with van der Waals surface area (Å²) < 4.78 is 19.5. The van der Waals surface area contributed by atoms with Crippen LogP contribution in [0, 0.1) is 18.2 Å². The Morgan fingerprint density at radius 2 is 1.69 bits per heavy atom. The lowest BCUT2D eigenvalue weighted by Gasteiger charge is -2.24. The van der Waals surface area contributed by atoms with Gasteiger partial charge < -0.3 is 4.74 Å². The summed E-state index contributed by atoms with van der Waals surface area (Å²) in [4.78, 5) is 0. The average molecular weight is 387 g/mol. The van der Waals surface area contributed by atoms with E-state index >= 15 is 0 Å². The van der Waals surface area contributed by atoms with Crippen molar-refractivity contribution in [2.75, 3.05) is 7.11 Å². The van der Waals surface area contributed by atoms with Gasteiger partial charge in [-0.3, -0.25) is 0 Å². The number of hydrogen-bond donors (Lipinski definition) is 0. The second-order valence-electron chi connectivity index (χ2n) is 7.65. The molecule has 1 unspecified atom stereocenters. The maximum Gasteiger partial charge on any atom is 0.126 e. The second-order valence-corrected chi connectivity index (χ2v) is 7.65. The van der Waals surface area contributed by atoms with Crippen LogP contribution >= 0.6 is 0 Å². The fourth-order valence-electron chi connectivity index (χ4n) is 3.64. The number of methoxy groups -OCH3 is 1. The molecule has 2 heteroatoms.